The summed E-state index contributed by atoms with van der Waals surface area (Å²) in [6.07, 6.45) is 3.87. The SMILES string of the molecule is O=C(Nc1sc2c(c1C(=O)Nc1cccc(O)c1)CCCC2)c1ccccc1. The number of hydrogen-bond donors (Lipinski definition) is 3. The van der Waals surface area contributed by atoms with Crippen LogP contribution in [0.1, 0.15) is 44.0 Å². The molecule has 1 aliphatic rings. The molecule has 2 aromatic carbocycles. The third-order valence-corrected chi connectivity index (χ3v) is 5.97. The van der Waals surface area contributed by atoms with Gasteiger partial charge >= 0.3 is 0 Å². The maximum Gasteiger partial charge on any atom is 0.258 e. The molecule has 6 heteroatoms. The van der Waals surface area contributed by atoms with Crippen LogP contribution in [0.5, 0.6) is 5.75 Å². The predicted molar refractivity (Wildman–Crippen MR) is 111 cm³/mol. The molecule has 0 unspecified atom stereocenters. The van der Waals surface area contributed by atoms with Crippen LogP contribution < -0.4 is 10.6 Å². The number of rotatable bonds is 4. The van der Waals surface area contributed by atoms with Gasteiger partial charge in [0.1, 0.15) is 10.8 Å². The van der Waals surface area contributed by atoms with Gasteiger partial charge in [0.2, 0.25) is 0 Å². The van der Waals surface area contributed by atoms with E-state index in [1.165, 1.54) is 17.4 Å². The van der Waals surface area contributed by atoms with Gasteiger partial charge < -0.3 is 15.7 Å². The lowest BCUT2D eigenvalue weighted by Crippen LogP contribution is -2.18. The highest BCUT2D eigenvalue weighted by Crippen LogP contribution is 2.38. The van der Waals surface area contributed by atoms with Crippen LogP contribution in [0.15, 0.2) is 54.6 Å². The first kappa shape index (κ1) is 18.3. The number of phenols is 1. The molecule has 0 fully saturated rings. The highest BCUT2D eigenvalue weighted by molar-refractivity contribution is 7.17. The molecule has 0 aliphatic heterocycles. The summed E-state index contributed by atoms with van der Waals surface area (Å²) >= 11 is 1.48. The second-order valence-electron chi connectivity index (χ2n) is 6.74. The van der Waals surface area contributed by atoms with Crippen molar-refractivity contribution in [2.45, 2.75) is 25.7 Å². The van der Waals surface area contributed by atoms with Gasteiger partial charge in [0.15, 0.2) is 0 Å². The Hall–Kier alpha value is -3.12. The van der Waals surface area contributed by atoms with Gasteiger partial charge in [-0.3, -0.25) is 9.59 Å². The molecule has 1 heterocycles. The number of nitrogens with one attached hydrogen (secondary N) is 2. The highest BCUT2D eigenvalue weighted by Gasteiger charge is 2.26. The van der Waals surface area contributed by atoms with Crippen LogP contribution >= 0.6 is 11.3 Å². The van der Waals surface area contributed by atoms with Gasteiger partial charge in [-0.1, -0.05) is 24.3 Å². The lowest BCUT2D eigenvalue weighted by Gasteiger charge is -2.13. The Labute approximate surface area is 167 Å². The van der Waals surface area contributed by atoms with Gasteiger partial charge in [0.25, 0.3) is 11.8 Å². The van der Waals surface area contributed by atoms with Crippen LogP contribution in [0.4, 0.5) is 10.7 Å². The van der Waals surface area contributed by atoms with E-state index in [1.807, 2.05) is 18.2 Å². The Morgan fingerprint density at radius 3 is 2.46 bits per heavy atom. The molecular formula is C22H20N2O3S. The van der Waals surface area contributed by atoms with Crippen LogP contribution in [-0.4, -0.2) is 16.9 Å². The second kappa shape index (κ2) is 7.86. The van der Waals surface area contributed by atoms with Crippen LogP contribution in [-0.2, 0) is 12.8 Å². The minimum Gasteiger partial charge on any atom is -0.508 e. The molecule has 3 N–H and O–H groups in total. The van der Waals surface area contributed by atoms with Crippen molar-refractivity contribution in [1.82, 2.24) is 0 Å². The Kier molecular flexibility index (Phi) is 5.12. The number of anilines is 2. The first-order valence-electron chi connectivity index (χ1n) is 9.23. The van der Waals surface area contributed by atoms with Crippen LogP contribution in [0, 0.1) is 0 Å². The monoisotopic (exact) mass is 392 g/mol. The van der Waals surface area contributed by atoms with Gasteiger partial charge in [-0.25, -0.2) is 0 Å². The van der Waals surface area contributed by atoms with Gasteiger partial charge in [0, 0.05) is 22.2 Å². The van der Waals surface area contributed by atoms with Crippen molar-refractivity contribution < 1.29 is 14.7 Å². The quantitative estimate of drug-likeness (QED) is 0.595. The number of hydrogen-bond acceptors (Lipinski definition) is 4. The molecule has 142 valence electrons. The molecule has 0 bridgehead atoms. The summed E-state index contributed by atoms with van der Waals surface area (Å²) in [5, 5.41) is 16.0. The predicted octanol–water partition coefficient (Wildman–Crippen LogP) is 4.84. The standard InChI is InChI=1S/C22H20N2O3S/c25-16-10-6-9-15(13-16)23-21(27)19-17-11-4-5-12-18(17)28-22(19)24-20(26)14-7-2-1-3-8-14/h1-3,6-10,13,25H,4-5,11-12H2,(H,23,27)(H,24,26). The van der Waals surface area contributed by atoms with E-state index < -0.39 is 0 Å². The zero-order chi connectivity index (χ0) is 19.5. The average Bonchev–Trinajstić information content (AvgIpc) is 3.06. The lowest BCUT2D eigenvalue weighted by atomic mass is 9.95. The lowest BCUT2D eigenvalue weighted by molar-refractivity contribution is 0.102. The third kappa shape index (κ3) is 3.77. The van der Waals surface area contributed by atoms with E-state index in [4.69, 9.17) is 0 Å². The van der Waals surface area contributed by atoms with Crippen LogP contribution in [0.3, 0.4) is 0 Å². The van der Waals surface area contributed by atoms with Gasteiger partial charge in [0.05, 0.1) is 5.56 Å². The number of benzene rings is 2. The molecule has 0 atom stereocenters. The number of phenolic OH excluding ortho intramolecular Hbond substituents is 1. The number of aryl methyl sites for hydroxylation is 1. The van der Waals surface area contributed by atoms with E-state index in [0.29, 0.717) is 21.8 Å². The number of aromatic hydroxyl groups is 1. The highest BCUT2D eigenvalue weighted by atomic mass is 32.1. The van der Waals surface area contributed by atoms with Gasteiger partial charge in [-0.05, 0) is 55.5 Å². The van der Waals surface area contributed by atoms with Crippen molar-refractivity contribution in [1.29, 1.82) is 0 Å². The normalized spacial score (nSPS) is 12.9. The molecule has 0 saturated carbocycles. The van der Waals surface area contributed by atoms with E-state index >= 15 is 0 Å². The molecule has 2 amide bonds. The maximum absolute atomic E-state index is 13.1. The maximum atomic E-state index is 13.1. The van der Waals surface area contributed by atoms with E-state index in [9.17, 15) is 14.7 Å². The topological polar surface area (TPSA) is 78.4 Å². The van der Waals surface area contributed by atoms with E-state index in [1.54, 1.807) is 30.3 Å². The zero-order valence-electron chi connectivity index (χ0n) is 15.2. The fourth-order valence-corrected chi connectivity index (χ4v) is 4.72. The first-order chi connectivity index (χ1) is 13.6. The fraction of sp³-hybridized carbons (Fsp3) is 0.182. The van der Waals surface area contributed by atoms with Crippen molar-refractivity contribution in [3.05, 3.63) is 76.2 Å². The number of carbonyl (C=O) groups excluding carboxylic acids is 2. The Bertz CT molecular complexity index is 1030. The molecule has 0 saturated heterocycles. The largest absolute Gasteiger partial charge is 0.508 e. The Balaban J connectivity index is 1.66. The summed E-state index contributed by atoms with van der Waals surface area (Å²) in [5.41, 5.74) is 2.62. The number of amides is 2. The van der Waals surface area contributed by atoms with Crippen molar-refractivity contribution >= 4 is 33.8 Å². The molecule has 3 aromatic rings. The Morgan fingerprint density at radius 2 is 1.68 bits per heavy atom. The summed E-state index contributed by atoms with van der Waals surface area (Å²) < 4.78 is 0. The summed E-state index contributed by atoms with van der Waals surface area (Å²) in [4.78, 5) is 26.9. The summed E-state index contributed by atoms with van der Waals surface area (Å²) in [6, 6.07) is 15.4. The smallest absolute Gasteiger partial charge is 0.258 e. The summed E-state index contributed by atoms with van der Waals surface area (Å²) in [7, 11) is 0. The van der Waals surface area contributed by atoms with Crippen molar-refractivity contribution in [2.24, 2.45) is 0 Å². The molecule has 1 aromatic heterocycles. The minimum atomic E-state index is -0.270. The first-order valence-corrected chi connectivity index (χ1v) is 10.0. The number of carbonyl (C=O) groups is 2. The van der Waals surface area contributed by atoms with Gasteiger partial charge in [-0.2, -0.15) is 0 Å². The third-order valence-electron chi connectivity index (χ3n) is 4.77. The Morgan fingerprint density at radius 1 is 0.893 bits per heavy atom. The average molecular weight is 392 g/mol. The molecule has 1 aliphatic carbocycles. The second-order valence-corrected chi connectivity index (χ2v) is 7.84. The van der Waals surface area contributed by atoms with Gasteiger partial charge in [-0.15, -0.1) is 11.3 Å². The van der Waals surface area contributed by atoms with Crippen molar-refractivity contribution in [3.63, 3.8) is 0 Å². The molecular weight excluding hydrogens is 372 g/mol. The summed E-state index contributed by atoms with van der Waals surface area (Å²) in [6.45, 7) is 0. The molecule has 0 radical (unpaired) electrons. The number of fused-ring (bicyclic) bond motifs is 1. The number of thiophene rings is 1. The van der Waals surface area contributed by atoms with Crippen LogP contribution in [0.2, 0.25) is 0 Å². The molecule has 0 spiro atoms. The van der Waals surface area contributed by atoms with E-state index in [-0.39, 0.29) is 17.6 Å². The summed E-state index contributed by atoms with van der Waals surface area (Å²) in [5.74, 6) is -0.415. The minimum absolute atomic E-state index is 0.0859. The molecule has 28 heavy (non-hydrogen) atoms. The van der Waals surface area contributed by atoms with Crippen LogP contribution in [0.25, 0.3) is 0 Å². The molecule has 5 nitrogen and oxygen atoms in total. The molecule has 4 rings (SSSR count). The fourth-order valence-electron chi connectivity index (χ4n) is 3.44. The zero-order valence-corrected chi connectivity index (χ0v) is 16.0. The van der Waals surface area contributed by atoms with E-state index in [2.05, 4.69) is 10.6 Å². The van der Waals surface area contributed by atoms with Crippen molar-refractivity contribution in [2.75, 3.05) is 10.6 Å². The van der Waals surface area contributed by atoms with Crippen molar-refractivity contribution in [3.8, 4) is 5.75 Å². The van der Waals surface area contributed by atoms with E-state index in [0.717, 1.165) is 36.1 Å².